The Morgan fingerprint density at radius 3 is 2.91 bits per heavy atom. The van der Waals surface area contributed by atoms with Gasteiger partial charge in [-0.2, -0.15) is 10.4 Å². The smallest absolute Gasteiger partial charge is 0.256 e. The van der Waals surface area contributed by atoms with E-state index in [0.717, 1.165) is 35.3 Å². The Labute approximate surface area is 201 Å². The first-order chi connectivity index (χ1) is 17.1. The fourth-order valence-electron chi connectivity index (χ4n) is 4.57. The SMILES string of the molecule is N#CCC(CN1CCCN(C(=O)c2ccccc2F)CC1)n1cc(-c2ncnc3[nH]ccc23)cn1. The molecule has 4 heterocycles. The van der Waals surface area contributed by atoms with Crippen molar-refractivity contribution in [1.82, 2.24) is 34.5 Å². The molecule has 1 unspecified atom stereocenters. The van der Waals surface area contributed by atoms with Gasteiger partial charge in [0.05, 0.1) is 36.0 Å². The Hall–Kier alpha value is -4.10. The van der Waals surface area contributed by atoms with Crippen molar-refractivity contribution in [3.63, 3.8) is 0 Å². The maximum absolute atomic E-state index is 14.1. The Balaban J connectivity index is 1.28. The highest BCUT2D eigenvalue weighted by Gasteiger charge is 2.24. The number of amides is 1. The molecule has 10 heteroatoms. The van der Waals surface area contributed by atoms with Gasteiger partial charge in [-0.25, -0.2) is 14.4 Å². The summed E-state index contributed by atoms with van der Waals surface area (Å²) in [5.74, 6) is -0.779. The fourth-order valence-corrected chi connectivity index (χ4v) is 4.57. The van der Waals surface area contributed by atoms with E-state index in [0.29, 0.717) is 32.6 Å². The van der Waals surface area contributed by atoms with E-state index in [1.54, 1.807) is 23.2 Å². The number of halogens is 1. The molecule has 1 atom stereocenters. The molecule has 178 valence electrons. The zero-order valence-corrected chi connectivity index (χ0v) is 19.1. The third kappa shape index (κ3) is 4.76. The molecule has 0 bridgehead atoms. The molecule has 35 heavy (non-hydrogen) atoms. The zero-order valence-electron chi connectivity index (χ0n) is 19.1. The molecule has 1 aliphatic heterocycles. The predicted molar refractivity (Wildman–Crippen MR) is 128 cm³/mol. The van der Waals surface area contributed by atoms with Crippen molar-refractivity contribution >= 4 is 16.9 Å². The van der Waals surface area contributed by atoms with Crippen LogP contribution in [0, 0.1) is 17.1 Å². The number of benzene rings is 1. The largest absolute Gasteiger partial charge is 0.346 e. The quantitative estimate of drug-likeness (QED) is 0.462. The summed E-state index contributed by atoms with van der Waals surface area (Å²) in [5, 5.41) is 14.9. The van der Waals surface area contributed by atoms with E-state index >= 15 is 0 Å². The van der Waals surface area contributed by atoms with E-state index in [-0.39, 0.29) is 17.5 Å². The number of fused-ring (bicyclic) bond motifs is 1. The first kappa shape index (κ1) is 22.7. The van der Waals surface area contributed by atoms with Gasteiger partial charge < -0.3 is 9.88 Å². The lowest BCUT2D eigenvalue weighted by atomic mass is 10.1. The standard InChI is InChI=1S/C25H25FN8O/c26-22-5-2-1-4-20(22)25(35)33-11-3-10-32(12-13-33)16-19(6-8-27)34-15-18(14-31-34)23-21-7-9-28-24(21)30-17-29-23/h1-2,4-5,7,9,14-15,17,19H,3,6,10-13,16H2,(H,28,29,30). The van der Waals surface area contributed by atoms with Crippen LogP contribution in [0.5, 0.6) is 0 Å². The number of aromatic nitrogens is 5. The van der Waals surface area contributed by atoms with Crippen LogP contribution < -0.4 is 0 Å². The van der Waals surface area contributed by atoms with E-state index in [1.807, 2.05) is 23.1 Å². The molecule has 0 aliphatic carbocycles. The van der Waals surface area contributed by atoms with Crippen molar-refractivity contribution in [2.24, 2.45) is 0 Å². The molecule has 0 radical (unpaired) electrons. The van der Waals surface area contributed by atoms with Crippen LogP contribution in [0.3, 0.4) is 0 Å². The Morgan fingerprint density at radius 1 is 1.17 bits per heavy atom. The van der Waals surface area contributed by atoms with E-state index in [9.17, 15) is 14.4 Å². The lowest BCUT2D eigenvalue weighted by Crippen LogP contribution is -2.37. The molecule has 1 aliphatic rings. The fraction of sp³-hybridized carbons (Fsp3) is 0.320. The highest BCUT2D eigenvalue weighted by molar-refractivity contribution is 5.94. The van der Waals surface area contributed by atoms with Crippen LogP contribution in [0.2, 0.25) is 0 Å². The monoisotopic (exact) mass is 472 g/mol. The van der Waals surface area contributed by atoms with Crippen LogP contribution in [-0.4, -0.2) is 73.2 Å². The molecule has 3 aromatic heterocycles. The third-order valence-electron chi connectivity index (χ3n) is 6.38. The first-order valence-corrected chi connectivity index (χ1v) is 11.6. The number of nitrogens with zero attached hydrogens (tertiary/aromatic N) is 7. The molecule has 0 spiro atoms. The Kier molecular flexibility index (Phi) is 6.50. The van der Waals surface area contributed by atoms with E-state index < -0.39 is 5.82 Å². The normalized spacial score (nSPS) is 15.6. The van der Waals surface area contributed by atoms with Crippen LogP contribution in [0.15, 0.2) is 55.2 Å². The van der Waals surface area contributed by atoms with Crippen LogP contribution >= 0.6 is 0 Å². The van der Waals surface area contributed by atoms with Gasteiger partial charge in [-0.1, -0.05) is 12.1 Å². The molecular formula is C25H25FN8O. The lowest BCUT2D eigenvalue weighted by molar-refractivity contribution is 0.0756. The summed E-state index contributed by atoms with van der Waals surface area (Å²) in [6.45, 7) is 3.13. The molecule has 1 N–H and O–H groups in total. The first-order valence-electron chi connectivity index (χ1n) is 11.6. The van der Waals surface area contributed by atoms with E-state index in [4.69, 9.17) is 0 Å². The van der Waals surface area contributed by atoms with Gasteiger partial charge in [-0.15, -0.1) is 0 Å². The molecule has 9 nitrogen and oxygen atoms in total. The summed E-state index contributed by atoms with van der Waals surface area (Å²) in [5.41, 5.74) is 2.51. The van der Waals surface area contributed by atoms with Crippen LogP contribution in [0.1, 0.15) is 29.2 Å². The minimum absolute atomic E-state index is 0.105. The summed E-state index contributed by atoms with van der Waals surface area (Å²) in [6.07, 6.45) is 8.10. The maximum Gasteiger partial charge on any atom is 0.256 e. The van der Waals surface area contributed by atoms with E-state index in [2.05, 4.69) is 31.0 Å². The molecule has 1 saturated heterocycles. The van der Waals surface area contributed by atoms with E-state index in [1.165, 1.54) is 18.5 Å². The summed E-state index contributed by atoms with van der Waals surface area (Å²) in [4.78, 5) is 28.5. The Morgan fingerprint density at radius 2 is 2.06 bits per heavy atom. The van der Waals surface area contributed by atoms with Gasteiger partial charge >= 0.3 is 0 Å². The minimum Gasteiger partial charge on any atom is -0.346 e. The average Bonchev–Trinajstić information content (AvgIpc) is 3.50. The topological polar surface area (TPSA) is 107 Å². The number of rotatable bonds is 6. The molecule has 4 aromatic rings. The van der Waals surface area contributed by atoms with Gasteiger partial charge in [-0.3, -0.25) is 14.4 Å². The zero-order chi connectivity index (χ0) is 24.2. The molecular weight excluding hydrogens is 447 g/mol. The minimum atomic E-state index is -0.497. The highest BCUT2D eigenvalue weighted by atomic mass is 19.1. The van der Waals surface area contributed by atoms with Gasteiger partial charge in [0.1, 0.15) is 17.8 Å². The molecule has 0 saturated carbocycles. The molecule has 5 rings (SSSR count). The molecule has 1 aromatic carbocycles. The number of carbonyl (C=O) groups excluding carboxylic acids is 1. The number of nitriles is 1. The maximum atomic E-state index is 14.1. The van der Waals surface area contributed by atoms with Crippen LogP contribution in [0.25, 0.3) is 22.3 Å². The highest BCUT2D eigenvalue weighted by Crippen LogP contribution is 2.26. The van der Waals surface area contributed by atoms with Crippen molar-refractivity contribution in [1.29, 1.82) is 5.26 Å². The van der Waals surface area contributed by atoms with Crippen molar-refractivity contribution in [2.45, 2.75) is 18.9 Å². The molecule has 1 fully saturated rings. The van der Waals surface area contributed by atoms with Crippen molar-refractivity contribution in [3.05, 3.63) is 66.6 Å². The summed E-state index contributed by atoms with van der Waals surface area (Å²) < 4.78 is 15.9. The third-order valence-corrected chi connectivity index (χ3v) is 6.38. The van der Waals surface area contributed by atoms with Gasteiger partial charge in [0.25, 0.3) is 5.91 Å². The van der Waals surface area contributed by atoms with Gasteiger partial charge in [-0.05, 0) is 31.2 Å². The van der Waals surface area contributed by atoms with Crippen molar-refractivity contribution < 1.29 is 9.18 Å². The second kappa shape index (κ2) is 10.0. The summed E-state index contributed by atoms with van der Waals surface area (Å²) in [7, 11) is 0. The van der Waals surface area contributed by atoms with Gasteiger partial charge in [0.15, 0.2) is 0 Å². The number of hydrogen-bond donors (Lipinski definition) is 1. The number of H-pyrrole nitrogens is 1. The average molecular weight is 473 g/mol. The Bertz CT molecular complexity index is 1370. The molecule has 1 amide bonds. The number of aromatic amines is 1. The number of nitrogens with one attached hydrogen (secondary N) is 1. The predicted octanol–water partition coefficient (Wildman–Crippen LogP) is 3.26. The van der Waals surface area contributed by atoms with Gasteiger partial charge in [0.2, 0.25) is 0 Å². The van der Waals surface area contributed by atoms with Gasteiger partial charge in [0, 0.05) is 49.5 Å². The van der Waals surface area contributed by atoms with Crippen molar-refractivity contribution in [2.75, 3.05) is 32.7 Å². The number of hydrogen-bond acceptors (Lipinski definition) is 6. The van der Waals surface area contributed by atoms with Crippen molar-refractivity contribution in [3.8, 4) is 17.3 Å². The summed E-state index contributed by atoms with van der Waals surface area (Å²) >= 11 is 0. The van der Waals surface area contributed by atoms with Crippen LogP contribution in [0.4, 0.5) is 4.39 Å². The second-order valence-electron chi connectivity index (χ2n) is 8.61. The van der Waals surface area contributed by atoms with Crippen LogP contribution in [-0.2, 0) is 0 Å². The lowest BCUT2D eigenvalue weighted by Gasteiger charge is -2.25. The second-order valence-corrected chi connectivity index (χ2v) is 8.61. The summed E-state index contributed by atoms with van der Waals surface area (Å²) in [6, 6.07) is 10.2. The number of carbonyl (C=O) groups is 1.